The van der Waals surface area contributed by atoms with Crippen LogP contribution in [0.4, 0.5) is 29.3 Å². The second-order valence-corrected chi connectivity index (χ2v) is 17.8. The van der Waals surface area contributed by atoms with Crippen molar-refractivity contribution in [1.82, 2.24) is 39.7 Å². The summed E-state index contributed by atoms with van der Waals surface area (Å²) >= 11 is 0. The van der Waals surface area contributed by atoms with Crippen molar-refractivity contribution in [3.8, 4) is 0 Å². The van der Waals surface area contributed by atoms with E-state index >= 15 is 0 Å². The number of likely N-dealkylation sites (tertiary alicyclic amines) is 1. The average molecular weight is 899 g/mol. The van der Waals surface area contributed by atoms with Crippen LogP contribution < -0.4 is 15.5 Å². The molecule has 2 aromatic carbocycles. The molecule has 4 aromatic rings. The van der Waals surface area contributed by atoms with Crippen LogP contribution in [0.25, 0.3) is 10.9 Å². The van der Waals surface area contributed by atoms with E-state index < -0.39 is 58.7 Å². The SMILES string of the molecule is CC(C)(O)c1cc2nn(CCN3CCN(CC(=O)N4CC5(CCN(c6cccc7c6C(=O)N(C6CCC(=O)NC6=O)C7=O)CC5)C4)C3=O)cc2cc1NC(=O)c1cccc(C(F)(F)F)n1. The number of imide groups is 2. The number of carbonyl (C=O) groups is 7. The molecule has 9 rings (SSSR count). The van der Waals surface area contributed by atoms with Gasteiger partial charge in [-0.25, -0.2) is 9.78 Å². The molecule has 1 spiro atoms. The smallest absolute Gasteiger partial charge is 0.386 e. The summed E-state index contributed by atoms with van der Waals surface area (Å²) in [6, 6.07) is 9.91. The van der Waals surface area contributed by atoms with Gasteiger partial charge in [0.1, 0.15) is 24.0 Å². The highest BCUT2D eigenvalue weighted by Crippen LogP contribution is 2.43. The number of fused-ring (bicyclic) bond motifs is 2. The van der Waals surface area contributed by atoms with Gasteiger partial charge in [-0.05, 0) is 69.5 Å². The van der Waals surface area contributed by atoms with E-state index in [1.165, 1.54) is 18.7 Å². The van der Waals surface area contributed by atoms with Crippen molar-refractivity contribution in [2.75, 3.05) is 62.6 Å². The first-order chi connectivity index (χ1) is 30.8. The molecule has 2 aromatic heterocycles. The number of anilines is 2. The van der Waals surface area contributed by atoms with Crippen molar-refractivity contribution in [3.63, 3.8) is 0 Å². The fraction of sp³-hybridized carbons (Fsp3) is 0.432. The van der Waals surface area contributed by atoms with Gasteiger partial charge in [0.05, 0.1) is 34.5 Å². The Hall–Kier alpha value is -6.90. The Labute approximate surface area is 369 Å². The third-order valence-electron chi connectivity index (χ3n) is 13.0. The number of aromatic nitrogens is 3. The van der Waals surface area contributed by atoms with Gasteiger partial charge < -0.3 is 30.0 Å². The minimum absolute atomic E-state index is 0.0338. The van der Waals surface area contributed by atoms with Crippen molar-refractivity contribution in [3.05, 3.63) is 82.8 Å². The van der Waals surface area contributed by atoms with Crippen LogP contribution in [0.5, 0.6) is 0 Å². The van der Waals surface area contributed by atoms with Crippen LogP contribution in [0.1, 0.15) is 82.0 Å². The normalized spacial score (nSPS) is 19.9. The summed E-state index contributed by atoms with van der Waals surface area (Å²) in [6.45, 7) is 6.51. The van der Waals surface area contributed by atoms with Gasteiger partial charge in [0.15, 0.2) is 0 Å². The lowest BCUT2D eigenvalue weighted by Gasteiger charge is -2.54. The summed E-state index contributed by atoms with van der Waals surface area (Å²) in [5, 5.41) is 20.9. The number of aliphatic hydroxyl groups is 1. The zero-order chi connectivity index (χ0) is 46.2. The van der Waals surface area contributed by atoms with Crippen molar-refractivity contribution < 1.29 is 51.8 Å². The third-order valence-corrected chi connectivity index (χ3v) is 13.0. The van der Waals surface area contributed by atoms with Gasteiger partial charge in [-0.15, -0.1) is 0 Å². The lowest BCUT2D eigenvalue weighted by molar-refractivity contribution is -0.145. The van der Waals surface area contributed by atoms with E-state index in [1.54, 1.807) is 51.0 Å². The Morgan fingerprint density at radius 2 is 1.65 bits per heavy atom. The zero-order valence-electron chi connectivity index (χ0n) is 35.5. The van der Waals surface area contributed by atoms with Gasteiger partial charge in [-0.3, -0.25) is 43.7 Å². The minimum atomic E-state index is -4.74. The van der Waals surface area contributed by atoms with Crippen LogP contribution in [0.2, 0.25) is 0 Å². The lowest BCUT2D eigenvalue weighted by atomic mass is 9.71. The molecule has 0 aliphatic carbocycles. The van der Waals surface area contributed by atoms with Crippen molar-refractivity contribution in [2.45, 2.75) is 63.9 Å². The number of carbonyl (C=O) groups excluding carboxylic acids is 7. The number of hydrogen-bond acceptors (Lipinski definition) is 11. The number of halogens is 3. The van der Waals surface area contributed by atoms with Crippen molar-refractivity contribution in [1.29, 1.82) is 0 Å². The number of piperidine rings is 2. The maximum atomic E-state index is 13.7. The lowest BCUT2D eigenvalue weighted by Crippen LogP contribution is -2.63. The highest BCUT2D eigenvalue weighted by atomic mass is 19.4. The Balaban J connectivity index is 0.770. The van der Waals surface area contributed by atoms with E-state index in [9.17, 15) is 51.8 Å². The maximum absolute atomic E-state index is 13.7. The van der Waals surface area contributed by atoms with Crippen LogP contribution in [-0.4, -0.2) is 139 Å². The topological polar surface area (TPSA) is 211 Å². The fourth-order valence-electron chi connectivity index (χ4n) is 9.46. The van der Waals surface area contributed by atoms with Gasteiger partial charge in [-0.1, -0.05) is 12.1 Å². The maximum Gasteiger partial charge on any atom is 0.433 e. The molecule has 1 unspecified atom stereocenters. The summed E-state index contributed by atoms with van der Waals surface area (Å²) in [5.41, 5.74) is -1.25. The summed E-state index contributed by atoms with van der Waals surface area (Å²) in [5.74, 6) is -3.26. The predicted octanol–water partition coefficient (Wildman–Crippen LogP) is 3.20. The van der Waals surface area contributed by atoms with Crippen LogP contribution in [-0.2, 0) is 32.7 Å². The van der Waals surface area contributed by atoms with Gasteiger partial charge >= 0.3 is 12.2 Å². The molecule has 21 heteroatoms. The molecule has 1 atom stereocenters. The summed E-state index contributed by atoms with van der Waals surface area (Å²) < 4.78 is 41.4. The molecule has 18 nitrogen and oxygen atoms in total. The molecule has 4 saturated heterocycles. The number of nitrogens with one attached hydrogen (secondary N) is 2. The number of hydrogen-bond donors (Lipinski definition) is 3. The number of amides is 8. The van der Waals surface area contributed by atoms with Crippen molar-refractivity contribution >= 4 is 63.8 Å². The van der Waals surface area contributed by atoms with Crippen LogP contribution in [0.15, 0.2) is 54.7 Å². The zero-order valence-corrected chi connectivity index (χ0v) is 35.5. The Morgan fingerprint density at radius 3 is 2.35 bits per heavy atom. The second-order valence-electron chi connectivity index (χ2n) is 17.8. The molecule has 0 bridgehead atoms. The first kappa shape index (κ1) is 43.4. The molecule has 7 heterocycles. The van der Waals surface area contributed by atoms with Crippen molar-refractivity contribution in [2.24, 2.45) is 5.41 Å². The quantitative estimate of drug-likeness (QED) is 0.197. The van der Waals surface area contributed by atoms with E-state index in [2.05, 4.69) is 25.6 Å². The van der Waals surface area contributed by atoms with E-state index in [0.29, 0.717) is 55.9 Å². The number of alkyl halides is 3. The van der Waals surface area contributed by atoms with E-state index in [1.807, 2.05) is 0 Å². The molecule has 65 heavy (non-hydrogen) atoms. The van der Waals surface area contributed by atoms with Crippen LogP contribution >= 0.6 is 0 Å². The first-order valence-electron chi connectivity index (χ1n) is 21.3. The number of benzene rings is 2. The number of rotatable bonds is 10. The summed E-state index contributed by atoms with van der Waals surface area (Å²) in [7, 11) is 0. The second kappa shape index (κ2) is 16.0. The molecule has 5 aliphatic heterocycles. The monoisotopic (exact) mass is 898 g/mol. The van der Waals surface area contributed by atoms with E-state index in [0.717, 1.165) is 35.9 Å². The average Bonchev–Trinajstić information content (AvgIpc) is 3.89. The van der Waals surface area contributed by atoms with Crippen LogP contribution in [0.3, 0.4) is 0 Å². The number of nitrogens with zero attached hydrogens (tertiary/aromatic N) is 8. The molecule has 5 aliphatic rings. The molecular weight excluding hydrogens is 854 g/mol. The van der Waals surface area contributed by atoms with Gasteiger partial charge in [0, 0.05) is 80.5 Å². The molecule has 4 fully saturated rings. The largest absolute Gasteiger partial charge is 0.433 e. The highest BCUT2D eigenvalue weighted by molar-refractivity contribution is 6.25. The predicted molar refractivity (Wildman–Crippen MR) is 224 cm³/mol. The third kappa shape index (κ3) is 8.12. The standard InChI is InChI=1S/C44H45F3N10O8/c1-42(2,65)27-20-29-25(19-30(27)49-37(60)28-6-4-8-33(48-28)44(45,46)47)21-56(51-29)18-17-53-15-16-54(41(53)64)22-35(59)55-23-43(24-55)11-13-52(14-12-43)31-7-3-5-26-36(31)40(63)57(39(26)62)32-9-10-34(58)50-38(32)61/h3-8,19-21,32,65H,9-18,22-24H2,1-2H3,(H,49,60)(H,50,58,61). The number of pyridine rings is 1. The van der Waals surface area contributed by atoms with Gasteiger partial charge in [-0.2, -0.15) is 18.3 Å². The molecule has 0 saturated carbocycles. The summed E-state index contributed by atoms with van der Waals surface area (Å²) in [4.78, 5) is 103. The Morgan fingerprint density at radius 1 is 0.923 bits per heavy atom. The minimum Gasteiger partial charge on any atom is -0.386 e. The Kier molecular flexibility index (Phi) is 10.6. The van der Waals surface area contributed by atoms with E-state index in [4.69, 9.17) is 0 Å². The summed E-state index contributed by atoms with van der Waals surface area (Å²) in [6.07, 6.45) is -1.46. The van der Waals surface area contributed by atoms with Gasteiger partial charge in [0.25, 0.3) is 17.7 Å². The fourth-order valence-corrected chi connectivity index (χ4v) is 9.46. The molecule has 340 valence electrons. The molecule has 0 radical (unpaired) electrons. The van der Waals surface area contributed by atoms with Gasteiger partial charge in [0.2, 0.25) is 17.7 Å². The Bertz CT molecular complexity index is 2680. The molecule has 8 amide bonds. The number of urea groups is 1. The first-order valence-corrected chi connectivity index (χ1v) is 21.3. The van der Waals surface area contributed by atoms with Crippen LogP contribution in [0, 0.1) is 5.41 Å². The molecular formula is C44H45F3N10O8. The van der Waals surface area contributed by atoms with E-state index in [-0.39, 0.29) is 72.2 Å². The highest BCUT2D eigenvalue weighted by Gasteiger charge is 2.50. The molecule has 3 N–H and O–H groups in total.